The lowest BCUT2D eigenvalue weighted by Gasteiger charge is -2.37. The van der Waals surface area contributed by atoms with Gasteiger partial charge in [0.05, 0.1) is 6.54 Å². The lowest BCUT2D eigenvalue weighted by molar-refractivity contribution is -0.147. The molecule has 2 amide bonds. The van der Waals surface area contributed by atoms with E-state index in [9.17, 15) is 9.59 Å². The number of amides is 2. The lowest BCUT2D eigenvalue weighted by atomic mass is 9.91. The van der Waals surface area contributed by atoms with Gasteiger partial charge in [0.2, 0.25) is 11.8 Å². The Morgan fingerprint density at radius 3 is 2.62 bits per heavy atom. The molecule has 0 bridgehead atoms. The first kappa shape index (κ1) is 11.4. The van der Waals surface area contributed by atoms with Crippen molar-refractivity contribution in [2.75, 3.05) is 6.54 Å². The fourth-order valence-electron chi connectivity index (χ4n) is 2.90. The van der Waals surface area contributed by atoms with Crippen molar-refractivity contribution in [1.82, 2.24) is 10.2 Å². The van der Waals surface area contributed by atoms with Crippen LogP contribution >= 0.6 is 0 Å². The molecule has 1 saturated carbocycles. The molecule has 2 fully saturated rings. The number of hydrogen-bond acceptors (Lipinski definition) is 2. The van der Waals surface area contributed by atoms with Gasteiger partial charge in [-0.3, -0.25) is 9.59 Å². The van der Waals surface area contributed by atoms with Gasteiger partial charge in [-0.15, -0.1) is 0 Å². The average Bonchev–Trinajstić information content (AvgIpc) is 2.53. The summed E-state index contributed by atoms with van der Waals surface area (Å²) in [7, 11) is 0. The van der Waals surface area contributed by atoms with Crippen molar-refractivity contribution in [2.45, 2.75) is 52.1 Å². The highest BCUT2D eigenvalue weighted by Crippen LogP contribution is 2.40. The predicted molar refractivity (Wildman–Crippen MR) is 60.7 cm³/mol. The van der Waals surface area contributed by atoms with Crippen molar-refractivity contribution in [2.24, 2.45) is 5.41 Å². The van der Waals surface area contributed by atoms with Gasteiger partial charge in [0.25, 0.3) is 0 Å². The summed E-state index contributed by atoms with van der Waals surface area (Å²) in [4.78, 5) is 25.2. The third-order valence-electron chi connectivity index (χ3n) is 3.83. The summed E-state index contributed by atoms with van der Waals surface area (Å²) in [5.41, 5.74) is 0.304. The SMILES string of the molecule is CC1C(=O)NCC(=O)N1C1CCC(C)(C)C1. The maximum Gasteiger partial charge on any atom is 0.242 e. The molecule has 2 unspecified atom stereocenters. The van der Waals surface area contributed by atoms with Crippen LogP contribution in [-0.2, 0) is 9.59 Å². The number of nitrogens with one attached hydrogen (secondary N) is 1. The van der Waals surface area contributed by atoms with Crippen LogP contribution in [0.2, 0.25) is 0 Å². The molecular formula is C12H20N2O2. The normalized spacial score (nSPS) is 34.1. The topological polar surface area (TPSA) is 49.4 Å². The van der Waals surface area contributed by atoms with Crippen LogP contribution in [0, 0.1) is 5.41 Å². The Bertz CT molecular complexity index is 325. The van der Waals surface area contributed by atoms with Gasteiger partial charge in [-0.05, 0) is 31.6 Å². The molecule has 4 nitrogen and oxygen atoms in total. The summed E-state index contributed by atoms with van der Waals surface area (Å²) in [5, 5.41) is 2.63. The first-order valence-electron chi connectivity index (χ1n) is 5.99. The van der Waals surface area contributed by atoms with E-state index in [0.29, 0.717) is 5.41 Å². The third kappa shape index (κ3) is 1.93. The second-order valence-corrected chi connectivity index (χ2v) is 5.76. The minimum absolute atomic E-state index is 0.0238. The van der Waals surface area contributed by atoms with Crippen LogP contribution in [0.15, 0.2) is 0 Å². The van der Waals surface area contributed by atoms with E-state index in [0.717, 1.165) is 19.3 Å². The molecule has 1 aliphatic heterocycles. The smallest absolute Gasteiger partial charge is 0.242 e. The Morgan fingerprint density at radius 2 is 2.06 bits per heavy atom. The van der Waals surface area contributed by atoms with Gasteiger partial charge < -0.3 is 10.2 Å². The summed E-state index contributed by atoms with van der Waals surface area (Å²) < 4.78 is 0. The number of hydrogen-bond donors (Lipinski definition) is 1. The van der Waals surface area contributed by atoms with E-state index in [1.54, 1.807) is 4.90 Å². The molecule has 90 valence electrons. The molecule has 2 atom stereocenters. The Morgan fingerprint density at radius 1 is 1.38 bits per heavy atom. The fourth-order valence-corrected chi connectivity index (χ4v) is 2.90. The highest BCUT2D eigenvalue weighted by Gasteiger charge is 2.41. The van der Waals surface area contributed by atoms with Crippen LogP contribution in [0.5, 0.6) is 0 Å². The summed E-state index contributed by atoms with van der Waals surface area (Å²) in [6.45, 7) is 6.44. The highest BCUT2D eigenvalue weighted by molar-refractivity contribution is 5.94. The second-order valence-electron chi connectivity index (χ2n) is 5.76. The van der Waals surface area contributed by atoms with E-state index >= 15 is 0 Å². The van der Waals surface area contributed by atoms with Crippen molar-refractivity contribution < 1.29 is 9.59 Å². The molecule has 1 aliphatic carbocycles. The molecule has 16 heavy (non-hydrogen) atoms. The van der Waals surface area contributed by atoms with Gasteiger partial charge in [-0.1, -0.05) is 13.8 Å². The largest absolute Gasteiger partial charge is 0.345 e. The van der Waals surface area contributed by atoms with Gasteiger partial charge in [0.15, 0.2) is 0 Å². The molecule has 0 spiro atoms. The summed E-state index contributed by atoms with van der Waals surface area (Å²) in [6, 6.07) is -0.0521. The van der Waals surface area contributed by atoms with Gasteiger partial charge in [0, 0.05) is 6.04 Å². The van der Waals surface area contributed by atoms with Crippen LogP contribution in [0.1, 0.15) is 40.0 Å². The van der Waals surface area contributed by atoms with E-state index in [4.69, 9.17) is 0 Å². The summed E-state index contributed by atoms with van der Waals surface area (Å²) in [6.07, 6.45) is 3.17. The van der Waals surface area contributed by atoms with Crippen molar-refractivity contribution in [3.8, 4) is 0 Å². The standard InChI is InChI=1S/C12H20N2O2/c1-8-11(16)13-7-10(15)14(8)9-4-5-12(2,3)6-9/h8-9H,4-7H2,1-3H3,(H,13,16). The van der Waals surface area contributed by atoms with Crippen molar-refractivity contribution in [3.63, 3.8) is 0 Å². The van der Waals surface area contributed by atoms with Crippen molar-refractivity contribution in [1.29, 1.82) is 0 Å². The molecule has 2 aliphatic rings. The highest BCUT2D eigenvalue weighted by atomic mass is 16.2. The zero-order valence-corrected chi connectivity index (χ0v) is 10.2. The van der Waals surface area contributed by atoms with Crippen LogP contribution in [0.3, 0.4) is 0 Å². The van der Waals surface area contributed by atoms with E-state index in [2.05, 4.69) is 19.2 Å². The minimum Gasteiger partial charge on any atom is -0.345 e. The Hall–Kier alpha value is -1.06. The van der Waals surface area contributed by atoms with Crippen LogP contribution < -0.4 is 5.32 Å². The van der Waals surface area contributed by atoms with Crippen LogP contribution in [0.4, 0.5) is 0 Å². The zero-order valence-electron chi connectivity index (χ0n) is 10.2. The maximum atomic E-state index is 11.9. The zero-order chi connectivity index (χ0) is 11.9. The predicted octanol–water partition coefficient (Wildman–Crippen LogP) is 0.912. The Kier molecular flexibility index (Phi) is 2.68. The fraction of sp³-hybridized carbons (Fsp3) is 0.833. The molecule has 1 saturated heterocycles. The van der Waals surface area contributed by atoms with Gasteiger partial charge in [0.1, 0.15) is 6.04 Å². The van der Waals surface area contributed by atoms with Gasteiger partial charge >= 0.3 is 0 Å². The molecule has 0 radical (unpaired) electrons. The number of nitrogens with zero attached hydrogens (tertiary/aromatic N) is 1. The molecule has 0 aromatic carbocycles. The Labute approximate surface area is 96.4 Å². The van der Waals surface area contributed by atoms with Gasteiger partial charge in [-0.2, -0.15) is 0 Å². The van der Waals surface area contributed by atoms with Crippen LogP contribution in [-0.4, -0.2) is 35.3 Å². The number of rotatable bonds is 1. The maximum absolute atomic E-state index is 11.9. The van der Waals surface area contributed by atoms with Crippen molar-refractivity contribution >= 4 is 11.8 Å². The average molecular weight is 224 g/mol. The minimum atomic E-state index is -0.305. The summed E-state index contributed by atoms with van der Waals surface area (Å²) >= 11 is 0. The van der Waals surface area contributed by atoms with E-state index in [1.807, 2.05) is 6.92 Å². The number of carbonyl (C=O) groups excluding carboxylic acids is 2. The molecular weight excluding hydrogens is 204 g/mol. The molecule has 1 heterocycles. The third-order valence-corrected chi connectivity index (χ3v) is 3.83. The molecule has 4 heteroatoms. The van der Waals surface area contributed by atoms with Crippen molar-refractivity contribution in [3.05, 3.63) is 0 Å². The molecule has 0 aromatic rings. The van der Waals surface area contributed by atoms with Gasteiger partial charge in [-0.25, -0.2) is 0 Å². The molecule has 0 aromatic heterocycles. The van der Waals surface area contributed by atoms with E-state index in [-0.39, 0.29) is 30.4 Å². The number of piperazine rings is 1. The molecule has 2 rings (SSSR count). The Balaban J connectivity index is 2.13. The second kappa shape index (κ2) is 3.75. The van der Waals surface area contributed by atoms with Crippen LogP contribution in [0.25, 0.3) is 0 Å². The number of carbonyl (C=O) groups is 2. The lowest BCUT2D eigenvalue weighted by Crippen LogP contribution is -2.60. The quantitative estimate of drug-likeness (QED) is 0.720. The molecule has 1 N–H and O–H groups in total. The monoisotopic (exact) mass is 224 g/mol. The van der Waals surface area contributed by atoms with E-state index < -0.39 is 0 Å². The summed E-state index contributed by atoms with van der Waals surface area (Å²) in [5.74, 6) is 0.0408. The van der Waals surface area contributed by atoms with E-state index in [1.165, 1.54) is 0 Å². The first-order chi connectivity index (χ1) is 7.41. The first-order valence-corrected chi connectivity index (χ1v) is 5.99.